The van der Waals surface area contributed by atoms with E-state index in [1.54, 1.807) is 17.5 Å². The standard InChI is InChI=1S/C10H6IN3S/c11-9-4-13-10-5-12-7(6-14(9)10)8-2-1-3-15-8/h1-6H. The minimum atomic E-state index is 0.889. The van der Waals surface area contributed by atoms with Crippen LogP contribution in [0.1, 0.15) is 0 Å². The van der Waals surface area contributed by atoms with E-state index in [1.165, 1.54) is 4.88 Å². The normalized spacial score (nSPS) is 11.0. The number of imidazole rings is 1. The fourth-order valence-corrected chi connectivity index (χ4v) is 2.62. The fraction of sp³-hybridized carbons (Fsp3) is 0. The molecule has 3 aromatic heterocycles. The van der Waals surface area contributed by atoms with Crippen LogP contribution in [-0.2, 0) is 0 Å². The highest BCUT2D eigenvalue weighted by atomic mass is 127. The summed E-state index contributed by atoms with van der Waals surface area (Å²) in [4.78, 5) is 9.81. The van der Waals surface area contributed by atoms with E-state index in [1.807, 2.05) is 22.9 Å². The lowest BCUT2D eigenvalue weighted by Crippen LogP contribution is -1.90. The summed E-state index contributed by atoms with van der Waals surface area (Å²) in [5.74, 6) is 0. The zero-order valence-electron chi connectivity index (χ0n) is 7.59. The van der Waals surface area contributed by atoms with Gasteiger partial charge in [-0.1, -0.05) is 6.07 Å². The smallest absolute Gasteiger partial charge is 0.156 e. The highest BCUT2D eigenvalue weighted by Gasteiger charge is 2.04. The van der Waals surface area contributed by atoms with Crippen molar-refractivity contribution in [2.75, 3.05) is 0 Å². The molecule has 0 unspecified atom stereocenters. The summed E-state index contributed by atoms with van der Waals surface area (Å²) in [6.45, 7) is 0. The Labute approximate surface area is 104 Å². The molecule has 0 saturated carbocycles. The molecule has 5 heteroatoms. The first-order chi connectivity index (χ1) is 7.34. The molecule has 0 spiro atoms. The molecule has 0 aliphatic carbocycles. The average molecular weight is 327 g/mol. The molecule has 0 fully saturated rings. The molecule has 74 valence electrons. The maximum atomic E-state index is 4.39. The minimum absolute atomic E-state index is 0.889. The number of hydrogen-bond acceptors (Lipinski definition) is 3. The van der Waals surface area contributed by atoms with Crippen molar-refractivity contribution in [2.45, 2.75) is 0 Å². The summed E-state index contributed by atoms with van der Waals surface area (Å²) < 4.78 is 3.14. The van der Waals surface area contributed by atoms with E-state index in [-0.39, 0.29) is 0 Å². The molecule has 0 aliphatic heterocycles. The van der Waals surface area contributed by atoms with E-state index in [2.05, 4.69) is 44.0 Å². The number of thiophene rings is 1. The Morgan fingerprint density at radius 1 is 1.27 bits per heavy atom. The first kappa shape index (κ1) is 9.29. The molecule has 0 atom stereocenters. The van der Waals surface area contributed by atoms with Gasteiger partial charge in [0, 0.05) is 6.20 Å². The third-order valence-electron chi connectivity index (χ3n) is 2.12. The zero-order valence-corrected chi connectivity index (χ0v) is 10.6. The molecule has 0 saturated heterocycles. The molecule has 0 radical (unpaired) electrons. The van der Waals surface area contributed by atoms with Crippen LogP contribution in [0.5, 0.6) is 0 Å². The van der Waals surface area contributed by atoms with Crippen molar-refractivity contribution in [3.8, 4) is 10.6 Å². The highest BCUT2D eigenvalue weighted by Crippen LogP contribution is 2.23. The van der Waals surface area contributed by atoms with Crippen LogP contribution in [-0.4, -0.2) is 14.4 Å². The summed E-state index contributed by atoms with van der Waals surface area (Å²) in [6, 6.07) is 4.10. The summed E-state index contributed by atoms with van der Waals surface area (Å²) in [5, 5.41) is 2.06. The Hall–Kier alpha value is -0.950. The second kappa shape index (κ2) is 3.57. The second-order valence-corrected chi connectivity index (χ2v) is 5.11. The first-order valence-electron chi connectivity index (χ1n) is 4.37. The number of fused-ring (bicyclic) bond motifs is 1. The van der Waals surface area contributed by atoms with Crippen LogP contribution in [0.2, 0.25) is 0 Å². The van der Waals surface area contributed by atoms with Gasteiger partial charge in [0.1, 0.15) is 3.70 Å². The molecular weight excluding hydrogens is 321 g/mol. The lowest BCUT2D eigenvalue weighted by Gasteiger charge is -1.99. The zero-order chi connectivity index (χ0) is 10.3. The summed E-state index contributed by atoms with van der Waals surface area (Å²) in [6.07, 6.45) is 5.67. The van der Waals surface area contributed by atoms with Gasteiger partial charge in [0.2, 0.25) is 0 Å². The van der Waals surface area contributed by atoms with E-state index in [9.17, 15) is 0 Å². The minimum Gasteiger partial charge on any atom is -0.291 e. The van der Waals surface area contributed by atoms with Crippen LogP contribution in [0.4, 0.5) is 0 Å². The van der Waals surface area contributed by atoms with Gasteiger partial charge in [-0.05, 0) is 34.0 Å². The van der Waals surface area contributed by atoms with Crippen LogP contribution in [0, 0.1) is 3.70 Å². The second-order valence-electron chi connectivity index (χ2n) is 3.06. The first-order valence-corrected chi connectivity index (χ1v) is 6.33. The van der Waals surface area contributed by atoms with Crippen LogP contribution in [0.15, 0.2) is 36.1 Å². The van der Waals surface area contributed by atoms with Crippen LogP contribution >= 0.6 is 33.9 Å². The van der Waals surface area contributed by atoms with Crippen molar-refractivity contribution in [1.82, 2.24) is 14.4 Å². The van der Waals surface area contributed by atoms with E-state index >= 15 is 0 Å². The van der Waals surface area contributed by atoms with Gasteiger partial charge in [0.15, 0.2) is 5.65 Å². The van der Waals surface area contributed by atoms with E-state index in [4.69, 9.17) is 0 Å². The van der Waals surface area contributed by atoms with E-state index < -0.39 is 0 Å². The van der Waals surface area contributed by atoms with Crippen molar-refractivity contribution in [1.29, 1.82) is 0 Å². The Kier molecular flexibility index (Phi) is 2.21. The predicted molar refractivity (Wildman–Crippen MR) is 69.0 cm³/mol. The monoisotopic (exact) mass is 327 g/mol. The van der Waals surface area contributed by atoms with Gasteiger partial charge >= 0.3 is 0 Å². The lowest BCUT2D eigenvalue weighted by atomic mass is 10.3. The quantitative estimate of drug-likeness (QED) is 0.643. The van der Waals surface area contributed by atoms with Gasteiger partial charge in [-0.15, -0.1) is 11.3 Å². The van der Waals surface area contributed by atoms with Crippen molar-refractivity contribution >= 4 is 39.6 Å². The molecule has 0 bridgehead atoms. The summed E-state index contributed by atoms with van der Waals surface area (Å²) in [7, 11) is 0. The van der Waals surface area contributed by atoms with Crippen molar-refractivity contribution in [3.63, 3.8) is 0 Å². The highest BCUT2D eigenvalue weighted by molar-refractivity contribution is 14.1. The number of nitrogens with zero attached hydrogens (tertiary/aromatic N) is 3. The maximum absolute atomic E-state index is 4.39. The van der Waals surface area contributed by atoms with Gasteiger partial charge in [-0.2, -0.15) is 0 Å². The van der Waals surface area contributed by atoms with Gasteiger partial charge in [-0.25, -0.2) is 9.97 Å². The van der Waals surface area contributed by atoms with Gasteiger partial charge in [0.25, 0.3) is 0 Å². The number of rotatable bonds is 1. The van der Waals surface area contributed by atoms with Gasteiger partial charge in [-0.3, -0.25) is 4.40 Å². The van der Waals surface area contributed by atoms with Crippen molar-refractivity contribution < 1.29 is 0 Å². The SMILES string of the molecule is Ic1cnc2cnc(-c3cccs3)cn12. The molecule has 0 aliphatic rings. The summed E-state index contributed by atoms with van der Waals surface area (Å²) >= 11 is 3.96. The Morgan fingerprint density at radius 2 is 2.20 bits per heavy atom. The van der Waals surface area contributed by atoms with E-state index in [0.29, 0.717) is 0 Å². The summed E-state index contributed by atoms with van der Waals surface area (Å²) in [5.41, 5.74) is 1.88. The Morgan fingerprint density at radius 3 is 3.00 bits per heavy atom. The fourth-order valence-electron chi connectivity index (χ4n) is 1.41. The number of hydrogen-bond donors (Lipinski definition) is 0. The molecule has 3 nitrogen and oxygen atoms in total. The Bertz CT molecular complexity index is 600. The molecule has 0 aromatic carbocycles. The lowest BCUT2D eigenvalue weighted by molar-refractivity contribution is 1.11. The molecule has 0 amide bonds. The van der Waals surface area contributed by atoms with Crippen LogP contribution in [0.3, 0.4) is 0 Å². The van der Waals surface area contributed by atoms with Crippen LogP contribution < -0.4 is 0 Å². The molecule has 0 N–H and O–H groups in total. The van der Waals surface area contributed by atoms with Gasteiger partial charge < -0.3 is 0 Å². The largest absolute Gasteiger partial charge is 0.291 e. The number of aromatic nitrogens is 3. The third-order valence-corrected chi connectivity index (χ3v) is 3.82. The average Bonchev–Trinajstić information content (AvgIpc) is 2.88. The maximum Gasteiger partial charge on any atom is 0.156 e. The molecular formula is C10H6IN3S. The third kappa shape index (κ3) is 1.55. The topological polar surface area (TPSA) is 30.2 Å². The van der Waals surface area contributed by atoms with E-state index in [0.717, 1.165) is 15.0 Å². The molecule has 3 rings (SSSR count). The van der Waals surface area contributed by atoms with Crippen LogP contribution in [0.25, 0.3) is 16.2 Å². The van der Waals surface area contributed by atoms with Crippen molar-refractivity contribution in [3.05, 3.63) is 39.8 Å². The molecule has 3 aromatic rings. The Balaban J connectivity index is 2.25. The number of halogens is 1. The van der Waals surface area contributed by atoms with Gasteiger partial charge in [0.05, 0.1) is 23.0 Å². The predicted octanol–water partition coefficient (Wildman–Crippen LogP) is 3.06. The molecule has 3 heterocycles. The molecule has 15 heavy (non-hydrogen) atoms. The van der Waals surface area contributed by atoms with Crippen molar-refractivity contribution in [2.24, 2.45) is 0 Å².